The molecule has 52 heavy (non-hydrogen) atoms. The number of benzene rings is 5. The molecule has 256 valence electrons. The molecule has 2 aliphatic rings. The lowest BCUT2D eigenvalue weighted by Crippen LogP contribution is -2.29. The number of fused-ring (bicyclic) bond motifs is 4. The first-order valence-corrected chi connectivity index (χ1v) is 15.9. The highest BCUT2D eigenvalue weighted by Crippen LogP contribution is 2.47. The molecule has 0 atom stereocenters. The molecule has 5 aromatic carbocycles. The third kappa shape index (κ3) is 6.35. The molecule has 4 amide bonds. The van der Waals surface area contributed by atoms with Gasteiger partial charge in [0.05, 0.1) is 11.4 Å². The van der Waals surface area contributed by atoms with Gasteiger partial charge in [-0.2, -0.15) is 0 Å². The molecule has 0 bridgehead atoms. The van der Waals surface area contributed by atoms with E-state index in [1.165, 1.54) is 29.9 Å². The van der Waals surface area contributed by atoms with E-state index in [0.717, 1.165) is 0 Å². The summed E-state index contributed by atoms with van der Waals surface area (Å²) in [6.45, 7) is 2.64. The molecule has 0 aromatic heterocycles. The van der Waals surface area contributed by atoms with Crippen molar-refractivity contribution in [2.45, 2.75) is 13.8 Å². The summed E-state index contributed by atoms with van der Waals surface area (Å²) in [4.78, 5) is 61.0. The van der Waals surface area contributed by atoms with Crippen LogP contribution in [0.1, 0.15) is 34.6 Å². The molecule has 0 spiro atoms. The van der Waals surface area contributed by atoms with Crippen molar-refractivity contribution < 1.29 is 38.0 Å². The van der Waals surface area contributed by atoms with Crippen molar-refractivity contribution in [2.24, 2.45) is 9.98 Å². The Morgan fingerprint density at radius 2 is 0.962 bits per heavy atom. The van der Waals surface area contributed by atoms with Crippen LogP contribution in [0, 0.1) is 0 Å². The molecule has 16 heteroatoms. The van der Waals surface area contributed by atoms with Crippen molar-refractivity contribution in [1.82, 2.24) is 0 Å². The van der Waals surface area contributed by atoms with Gasteiger partial charge in [-0.3, -0.25) is 19.2 Å². The highest BCUT2D eigenvalue weighted by molar-refractivity contribution is 6.08. The number of nitrogens with one attached hydrogen (secondary N) is 4. The van der Waals surface area contributed by atoms with E-state index in [1.807, 2.05) is 0 Å². The molecule has 7 rings (SSSR count). The van der Waals surface area contributed by atoms with Crippen molar-refractivity contribution in [2.75, 3.05) is 21.3 Å². The van der Waals surface area contributed by atoms with E-state index in [9.17, 15) is 19.2 Å². The first-order chi connectivity index (χ1) is 25.1. The maximum absolute atomic E-state index is 13.0. The van der Waals surface area contributed by atoms with Crippen LogP contribution in [-0.2, 0) is 9.59 Å². The molecule has 14 nitrogen and oxygen atoms in total. The smallest absolute Gasteiger partial charge is 0.322 e. The number of hydrogen-bond acceptors (Lipinski definition) is 10. The number of rotatable bonds is 8. The number of hydrogen-bond donors (Lipinski definition) is 4. The minimum Gasteiger partial charge on any atom is -0.566 e. The monoisotopic (exact) mass is 694 g/mol. The van der Waals surface area contributed by atoms with Gasteiger partial charge in [-0.1, -0.05) is 36.4 Å². The zero-order valence-electron chi connectivity index (χ0n) is 28.2. The number of carbonyl (C=O) groups excluding carboxylic acids is 4. The number of carbonyl (C=O) groups is 4. The summed E-state index contributed by atoms with van der Waals surface area (Å²) >= 11 is 0. The third-order valence-electron chi connectivity index (χ3n) is 7.98. The fourth-order valence-corrected chi connectivity index (χ4v) is 5.67. The van der Waals surface area contributed by atoms with Gasteiger partial charge in [0.1, 0.15) is 45.0 Å². The first-order valence-electron chi connectivity index (χ1n) is 15.9. The summed E-state index contributed by atoms with van der Waals surface area (Å²) in [7, 11) is 2.90. The Morgan fingerprint density at radius 1 is 0.577 bits per heavy atom. The van der Waals surface area contributed by atoms with Crippen molar-refractivity contribution in [1.29, 1.82) is 0 Å². The highest BCUT2D eigenvalue weighted by Gasteiger charge is 2.31. The van der Waals surface area contributed by atoms with Gasteiger partial charge in [-0.15, -0.1) is 0 Å². The van der Waals surface area contributed by atoms with E-state index in [4.69, 9.17) is 28.8 Å². The number of amides is 4. The standard InChI is InChI=1S/C36H28B2N6O8/c1-17(45)39-29-31-34(50-26-14-24(27(51-37)15-21(26)41-31)44-36(48)20-11-7-4-8-12-20)30(40-18(2)46)32-33(29)49-25-13-23(28(52-38)16-22(25)42-32)43-35(47)19-9-5-3-6-10-19/h3-16H,37-38H2,1-2H3,(H,39,45)(H,40,46)(H,43,47)(H,44,48). The molecule has 0 fully saturated rings. The SMILES string of the molecule is BOc1cc2c(cc1NC(=O)c1ccccc1)Oc1c(NC(C)=O)c3c(c(NC(C)=O)c1=N2)Oc1cc(NC(=O)c2ccccc2)c(OB)cc1N=3. The lowest BCUT2D eigenvalue weighted by Gasteiger charge is -2.25. The van der Waals surface area contributed by atoms with Crippen LogP contribution in [0.4, 0.5) is 34.1 Å². The Balaban J connectivity index is 1.38. The van der Waals surface area contributed by atoms with Gasteiger partial charge in [0.2, 0.25) is 11.8 Å². The fraction of sp³-hybridized carbons (Fsp3) is 0.0556. The predicted octanol–water partition coefficient (Wildman–Crippen LogP) is 4.08. The van der Waals surface area contributed by atoms with Crippen LogP contribution in [0.2, 0.25) is 0 Å². The van der Waals surface area contributed by atoms with Gasteiger partial charge in [0.15, 0.2) is 23.0 Å². The topological polar surface area (TPSA) is 178 Å². The first kappa shape index (κ1) is 33.4. The van der Waals surface area contributed by atoms with Gasteiger partial charge in [0.25, 0.3) is 11.8 Å². The summed E-state index contributed by atoms with van der Waals surface area (Å²) in [5.74, 6) is -0.511. The molecule has 5 aromatic rings. The fourth-order valence-electron chi connectivity index (χ4n) is 5.67. The molecule has 4 N–H and O–H groups in total. The van der Waals surface area contributed by atoms with Crippen LogP contribution < -0.4 is 50.8 Å². The predicted molar refractivity (Wildman–Crippen MR) is 197 cm³/mol. The largest absolute Gasteiger partial charge is 0.566 e. The van der Waals surface area contributed by atoms with Crippen molar-refractivity contribution >= 4 is 73.9 Å². The van der Waals surface area contributed by atoms with Crippen molar-refractivity contribution in [3.8, 4) is 34.5 Å². The van der Waals surface area contributed by atoms with E-state index in [1.54, 1.807) is 84.9 Å². The van der Waals surface area contributed by atoms with Gasteiger partial charge in [-0.25, -0.2) is 9.98 Å². The average Bonchev–Trinajstić information content (AvgIpc) is 3.14. The number of nitrogens with zero attached hydrogens (tertiary/aromatic N) is 2. The maximum Gasteiger partial charge on any atom is 0.322 e. The highest BCUT2D eigenvalue weighted by atomic mass is 16.5. The second-order valence-electron chi connectivity index (χ2n) is 11.6. The van der Waals surface area contributed by atoms with Gasteiger partial charge in [-0.05, 0) is 24.3 Å². The average molecular weight is 694 g/mol. The molecule has 0 saturated carbocycles. The summed E-state index contributed by atoms with van der Waals surface area (Å²) in [5, 5.41) is 11.5. The van der Waals surface area contributed by atoms with Gasteiger partial charge < -0.3 is 40.0 Å². The Morgan fingerprint density at radius 3 is 1.31 bits per heavy atom. The summed E-state index contributed by atoms with van der Waals surface area (Å²) < 4.78 is 24.0. The van der Waals surface area contributed by atoms with Crippen LogP contribution in [0.3, 0.4) is 0 Å². The van der Waals surface area contributed by atoms with E-state index in [-0.39, 0.29) is 56.9 Å². The minimum absolute atomic E-state index is 0.0604. The normalized spacial score (nSPS) is 11.6. The molecule has 2 heterocycles. The molecule has 2 aliphatic heterocycles. The van der Waals surface area contributed by atoms with Crippen LogP contribution in [0.25, 0.3) is 0 Å². The molecule has 0 saturated heterocycles. The van der Waals surface area contributed by atoms with Crippen LogP contribution in [-0.4, -0.2) is 39.7 Å². The Kier molecular flexibility index (Phi) is 8.78. The van der Waals surface area contributed by atoms with Crippen LogP contribution >= 0.6 is 0 Å². The molecule has 0 unspecified atom stereocenters. The lowest BCUT2D eigenvalue weighted by molar-refractivity contribution is -0.115. The van der Waals surface area contributed by atoms with E-state index < -0.39 is 11.8 Å². The molecule has 0 aliphatic carbocycles. The third-order valence-corrected chi connectivity index (χ3v) is 7.98. The van der Waals surface area contributed by atoms with Crippen molar-refractivity contribution in [3.63, 3.8) is 0 Å². The Labute approximate surface area is 297 Å². The van der Waals surface area contributed by atoms with Gasteiger partial charge in [0, 0.05) is 49.2 Å². The van der Waals surface area contributed by atoms with E-state index >= 15 is 0 Å². The van der Waals surface area contributed by atoms with Crippen LogP contribution in [0.5, 0.6) is 34.5 Å². The summed E-state index contributed by atoms with van der Waals surface area (Å²) in [5.41, 5.74) is 2.29. The van der Waals surface area contributed by atoms with E-state index in [2.05, 4.69) is 21.3 Å². The molecular formula is C36H28B2N6O8. The second-order valence-corrected chi connectivity index (χ2v) is 11.6. The molecule has 0 radical (unpaired) electrons. The number of ether oxygens (including phenoxy) is 2. The molecular weight excluding hydrogens is 666 g/mol. The minimum atomic E-state index is -0.450. The number of anilines is 4. The van der Waals surface area contributed by atoms with Crippen LogP contribution in [0.15, 0.2) is 94.9 Å². The summed E-state index contributed by atoms with van der Waals surface area (Å²) in [6.07, 6.45) is 0. The Hall–Kier alpha value is -7.09. The Bertz CT molecular complexity index is 2280. The second kappa shape index (κ2) is 13.7. The zero-order chi connectivity index (χ0) is 36.5. The lowest BCUT2D eigenvalue weighted by atomic mass is 10.1. The quantitative estimate of drug-likeness (QED) is 0.136. The van der Waals surface area contributed by atoms with Gasteiger partial charge >= 0.3 is 16.1 Å². The zero-order valence-corrected chi connectivity index (χ0v) is 28.2. The van der Waals surface area contributed by atoms with Crippen molar-refractivity contribution in [3.05, 3.63) is 107 Å². The maximum atomic E-state index is 13.0. The summed E-state index contributed by atoms with van der Waals surface area (Å²) in [6, 6.07) is 23.6. The van der Waals surface area contributed by atoms with E-state index in [0.29, 0.717) is 45.4 Å².